The van der Waals surface area contributed by atoms with Crippen molar-refractivity contribution in [3.63, 3.8) is 0 Å². The van der Waals surface area contributed by atoms with Crippen molar-refractivity contribution in [1.29, 1.82) is 0 Å². The summed E-state index contributed by atoms with van der Waals surface area (Å²) in [5.74, 6) is 3.36. The lowest BCUT2D eigenvalue weighted by atomic mass is 9.56. The number of rotatable bonds is 4. The smallest absolute Gasteiger partial charge is 0.161 e. The van der Waals surface area contributed by atoms with Crippen LogP contribution >= 0.6 is 0 Å². The summed E-state index contributed by atoms with van der Waals surface area (Å²) in [6.45, 7) is 4.76. The zero-order chi connectivity index (χ0) is 19.0. The SMILES string of the molecule is CCC1(c2ccc(OC3C=CC(N)=CC3F)cc2)CC2CC(C)CC(C2)C1. The Balaban J connectivity index is 1.49. The first-order chi connectivity index (χ1) is 13.0. The molecule has 0 heterocycles. The number of alkyl halides is 1. The Hall–Kier alpha value is -1.77. The van der Waals surface area contributed by atoms with Gasteiger partial charge in [-0.15, -0.1) is 0 Å². The molecule has 2 bridgehead atoms. The van der Waals surface area contributed by atoms with Gasteiger partial charge in [0.15, 0.2) is 12.3 Å². The van der Waals surface area contributed by atoms with Gasteiger partial charge in [0, 0.05) is 5.70 Å². The molecule has 2 saturated carbocycles. The van der Waals surface area contributed by atoms with Gasteiger partial charge in [-0.2, -0.15) is 0 Å². The summed E-state index contributed by atoms with van der Waals surface area (Å²) in [6.07, 6.45) is 11.0. The van der Waals surface area contributed by atoms with Crippen molar-refractivity contribution < 1.29 is 9.13 Å². The van der Waals surface area contributed by atoms with Gasteiger partial charge in [0.2, 0.25) is 0 Å². The minimum Gasteiger partial charge on any atom is -0.483 e. The van der Waals surface area contributed by atoms with E-state index in [0.717, 1.165) is 23.5 Å². The Morgan fingerprint density at radius 3 is 2.37 bits per heavy atom. The molecular formula is C24H32FNO. The van der Waals surface area contributed by atoms with Crippen LogP contribution in [0.25, 0.3) is 0 Å². The molecule has 0 aromatic heterocycles. The molecule has 2 nitrogen and oxygen atoms in total. The summed E-state index contributed by atoms with van der Waals surface area (Å²) in [6, 6.07) is 8.46. The van der Waals surface area contributed by atoms with Gasteiger partial charge in [0.25, 0.3) is 0 Å². The Kier molecular flexibility index (Phi) is 5.05. The van der Waals surface area contributed by atoms with Crippen LogP contribution in [0.1, 0.15) is 57.9 Å². The molecule has 27 heavy (non-hydrogen) atoms. The molecule has 4 unspecified atom stereocenters. The second kappa shape index (κ2) is 7.33. The van der Waals surface area contributed by atoms with Gasteiger partial charge < -0.3 is 10.5 Å². The van der Waals surface area contributed by atoms with Crippen LogP contribution in [-0.4, -0.2) is 12.3 Å². The molecule has 1 aromatic rings. The summed E-state index contributed by atoms with van der Waals surface area (Å²) in [7, 11) is 0. The lowest BCUT2D eigenvalue weighted by Crippen LogP contribution is -2.40. The number of fused-ring (bicyclic) bond motifs is 2. The monoisotopic (exact) mass is 369 g/mol. The van der Waals surface area contributed by atoms with Gasteiger partial charge >= 0.3 is 0 Å². The first kappa shape index (κ1) is 18.6. The fraction of sp³-hybridized carbons (Fsp3) is 0.583. The molecule has 0 spiro atoms. The minimum absolute atomic E-state index is 0.302. The second-order valence-corrected chi connectivity index (χ2v) is 9.16. The van der Waals surface area contributed by atoms with E-state index >= 15 is 0 Å². The van der Waals surface area contributed by atoms with E-state index in [1.807, 2.05) is 12.1 Å². The Morgan fingerprint density at radius 2 is 1.78 bits per heavy atom. The van der Waals surface area contributed by atoms with Crippen LogP contribution in [-0.2, 0) is 5.41 Å². The second-order valence-electron chi connectivity index (χ2n) is 9.16. The molecule has 2 N–H and O–H groups in total. The molecule has 3 aliphatic carbocycles. The highest BCUT2D eigenvalue weighted by Crippen LogP contribution is 2.53. The minimum atomic E-state index is -1.20. The Bertz CT molecular complexity index is 704. The number of allylic oxidation sites excluding steroid dienone is 1. The highest BCUT2D eigenvalue weighted by Gasteiger charge is 2.43. The number of ether oxygens (including phenoxy) is 1. The van der Waals surface area contributed by atoms with Crippen LogP contribution in [0.4, 0.5) is 4.39 Å². The molecule has 0 radical (unpaired) electrons. The largest absolute Gasteiger partial charge is 0.483 e. The quantitative estimate of drug-likeness (QED) is 0.741. The average molecular weight is 370 g/mol. The molecule has 4 atom stereocenters. The molecule has 3 heteroatoms. The number of hydrogen-bond acceptors (Lipinski definition) is 2. The van der Waals surface area contributed by atoms with Crippen molar-refractivity contribution in [3.8, 4) is 5.75 Å². The molecule has 2 fully saturated rings. The lowest BCUT2D eigenvalue weighted by Gasteiger charge is -2.49. The Morgan fingerprint density at radius 1 is 1.11 bits per heavy atom. The van der Waals surface area contributed by atoms with E-state index in [4.69, 9.17) is 10.5 Å². The van der Waals surface area contributed by atoms with E-state index in [1.165, 1.54) is 50.2 Å². The summed E-state index contributed by atoms with van der Waals surface area (Å²) >= 11 is 0. The van der Waals surface area contributed by atoms with E-state index in [1.54, 1.807) is 12.2 Å². The van der Waals surface area contributed by atoms with Gasteiger partial charge in [0.1, 0.15) is 5.75 Å². The predicted octanol–water partition coefficient (Wildman–Crippen LogP) is 5.68. The van der Waals surface area contributed by atoms with Crippen LogP contribution < -0.4 is 10.5 Å². The molecule has 4 rings (SSSR count). The van der Waals surface area contributed by atoms with Crippen LogP contribution in [0.3, 0.4) is 0 Å². The van der Waals surface area contributed by atoms with Crippen LogP contribution in [0, 0.1) is 17.8 Å². The topological polar surface area (TPSA) is 35.2 Å². The number of benzene rings is 1. The normalized spacial score (nSPS) is 38.3. The zero-order valence-electron chi connectivity index (χ0n) is 16.5. The van der Waals surface area contributed by atoms with Crippen molar-refractivity contribution in [2.75, 3.05) is 0 Å². The summed E-state index contributed by atoms with van der Waals surface area (Å²) in [4.78, 5) is 0. The molecule has 0 amide bonds. The number of hydrogen-bond donors (Lipinski definition) is 1. The number of nitrogens with two attached hydrogens (primary N) is 1. The summed E-state index contributed by atoms with van der Waals surface area (Å²) in [5, 5.41) is 0. The zero-order valence-corrected chi connectivity index (χ0v) is 16.5. The molecule has 0 aliphatic heterocycles. The van der Waals surface area contributed by atoms with Crippen LogP contribution in [0.2, 0.25) is 0 Å². The molecule has 146 valence electrons. The van der Waals surface area contributed by atoms with Crippen molar-refractivity contribution in [2.45, 2.75) is 70.1 Å². The summed E-state index contributed by atoms with van der Waals surface area (Å²) in [5.41, 5.74) is 7.83. The van der Waals surface area contributed by atoms with E-state index in [0.29, 0.717) is 11.1 Å². The van der Waals surface area contributed by atoms with Gasteiger partial charge in [0.05, 0.1) is 0 Å². The third-order valence-corrected chi connectivity index (χ3v) is 7.06. The lowest BCUT2D eigenvalue weighted by molar-refractivity contribution is 0.0788. The third-order valence-electron chi connectivity index (χ3n) is 7.06. The standard InChI is InChI=1S/C24H32FNO/c1-3-24(14-17-10-16(2)11-18(12-17)15-24)19-4-7-21(8-5-19)27-23-9-6-20(26)13-22(23)25/h4-9,13,16-18,22-23H,3,10-12,14-15,26H2,1-2H3. The van der Waals surface area contributed by atoms with E-state index in [2.05, 4.69) is 26.0 Å². The first-order valence-electron chi connectivity index (χ1n) is 10.5. The van der Waals surface area contributed by atoms with Gasteiger partial charge in [-0.25, -0.2) is 4.39 Å². The van der Waals surface area contributed by atoms with Gasteiger partial charge in [-0.05, 0) is 97.6 Å². The maximum atomic E-state index is 14.1. The predicted molar refractivity (Wildman–Crippen MR) is 108 cm³/mol. The van der Waals surface area contributed by atoms with Crippen LogP contribution in [0.15, 0.2) is 48.2 Å². The highest BCUT2D eigenvalue weighted by atomic mass is 19.1. The van der Waals surface area contributed by atoms with E-state index in [-0.39, 0.29) is 0 Å². The summed E-state index contributed by atoms with van der Waals surface area (Å²) < 4.78 is 20.0. The van der Waals surface area contributed by atoms with Gasteiger partial charge in [-0.1, -0.05) is 26.0 Å². The van der Waals surface area contributed by atoms with E-state index < -0.39 is 12.3 Å². The third kappa shape index (κ3) is 3.79. The van der Waals surface area contributed by atoms with Crippen molar-refractivity contribution >= 4 is 0 Å². The van der Waals surface area contributed by atoms with Crippen molar-refractivity contribution in [2.24, 2.45) is 23.5 Å². The van der Waals surface area contributed by atoms with Gasteiger partial charge in [-0.3, -0.25) is 0 Å². The maximum absolute atomic E-state index is 14.1. The molecule has 1 aromatic carbocycles. The fourth-order valence-corrected chi connectivity index (χ4v) is 5.94. The van der Waals surface area contributed by atoms with E-state index in [9.17, 15) is 4.39 Å². The highest BCUT2D eigenvalue weighted by molar-refractivity contribution is 5.34. The molecular weight excluding hydrogens is 337 g/mol. The Labute approximate surface area is 162 Å². The molecule has 3 aliphatic rings. The molecule has 0 saturated heterocycles. The average Bonchev–Trinajstić information content (AvgIpc) is 2.63. The first-order valence-corrected chi connectivity index (χ1v) is 10.5. The van der Waals surface area contributed by atoms with Crippen molar-refractivity contribution in [3.05, 3.63) is 53.8 Å². The maximum Gasteiger partial charge on any atom is 0.161 e. The van der Waals surface area contributed by atoms with Crippen molar-refractivity contribution in [1.82, 2.24) is 0 Å². The van der Waals surface area contributed by atoms with Crippen LogP contribution in [0.5, 0.6) is 5.75 Å². The number of halogens is 1. The fourth-order valence-electron chi connectivity index (χ4n) is 5.94.